The number of rotatable bonds is 3. The van der Waals surface area contributed by atoms with E-state index in [0.717, 1.165) is 11.6 Å². The van der Waals surface area contributed by atoms with E-state index < -0.39 is 29.0 Å². The van der Waals surface area contributed by atoms with E-state index in [0.29, 0.717) is 18.4 Å². The van der Waals surface area contributed by atoms with Crippen LogP contribution >= 0.6 is 0 Å². The molecule has 0 fully saturated rings. The number of benzene rings is 4. The van der Waals surface area contributed by atoms with E-state index >= 15 is 0 Å². The molecule has 1 spiro atoms. The maximum Gasteiger partial charge on any atom is 0.289 e. The lowest BCUT2D eigenvalue weighted by molar-refractivity contribution is -0.237. The van der Waals surface area contributed by atoms with Crippen molar-refractivity contribution in [1.29, 1.82) is 0 Å². The van der Waals surface area contributed by atoms with Gasteiger partial charge in [0, 0.05) is 36.4 Å². The molecule has 0 saturated carbocycles. The van der Waals surface area contributed by atoms with Crippen LogP contribution in [0.15, 0.2) is 66.7 Å². The van der Waals surface area contributed by atoms with Gasteiger partial charge in [0.15, 0.2) is 0 Å². The summed E-state index contributed by atoms with van der Waals surface area (Å²) in [5.74, 6) is -3.50. The molecule has 3 aliphatic rings. The minimum atomic E-state index is -2.14. The second-order valence-electron chi connectivity index (χ2n) is 10.2. The average molecular weight is 557 g/mol. The van der Waals surface area contributed by atoms with Crippen LogP contribution in [0.5, 0.6) is 46.0 Å². The molecule has 4 aromatic carbocycles. The van der Waals surface area contributed by atoms with Crippen molar-refractivity contribution < 1.29 is 49.3 Å². The first-order valence-corrected chi connectivity index (χ1v) is 12.9. The molecular formula is C31H24O10. The highest BCUT2D eigenvalue weighted by Gasteiger charge is 2.74. The van der Waals surface area contributed by atoms with Gasteiger partial charge in [0.05, 0.1) is 5.56 Å². The molecule has 0 saturated heterocycles. The zero-order valence-electron chi connectivity index (χ0n) is 21.6. The second-order valence-corrected chi connectivity index (χ2v) is 10.2. The van der Waals surface area contributed by atoms with Gasteiger partial charge in [-0.1, -0.05) is 12.1 Å². The summed E-state index contributed by atoms with van der Waals surface area (Å²) in [5, 5.41) is 51.8. The van der Waals surface area contributed by atoms with Gasteiger partial charge >= 0.3 is 0 Å². The fourth-order valence-electron chi connectivity index (χ4n) is 6.15. The minimum Gasteiger partial charge on any atom is -0.508 e. The third kappa shape index (κ3) is 3.25. The molecule has 0 radical (unpaired) electrons. The fourth-order valence-corrected chi connectivity index (χ4v) is 6.15. The van der Waals surface area contributed by atoms with E-state index in [1.807, 2.05) is 0 Å². The fraction of sp³-hybridized carbons (Fsp3) is 0.194. The lowest BCUT2D eigenvalue weighted by Crippen LogP contribution is -2.56. The van der Waals surface area contributed by atoms with Gasteiger partial charge in [0.1, 0.15) is 57.7 Å². The van der Waals surface area contributed by atoms with Crippen LogP contribution in [-0.2, 0) is 22.5 Å². The van der Waals surface area contributed by atoms with E-state index in [1.165, 1.54) is 43.5 Å². The molecule has 3 heterocycles. The summed E-state index contributed by atoms with van der Waals surface area (Å²) in [6, 6.07) is 16.0. The van der Waals surface area contributed by atoms with E-state index in [2.05, 4.69) is 0 Å². The summed E-state index contributed by atoms with van der Waals surface area (Å²) in [6.45, 7) is 0. The van der Waals surface area contributed by atoms with Gasteiger partial charge in [-0.25, -0.2) is 0 Å². The zero-order valence-corrected chi connectivity index (χ0v) is 21.6. The van der Waals surface area contributed by atoms with Crippen LogP contribution in [0, 0.1) is 0 Å². The van der Waals surface area contributed by atoms with Crippen molar-refractivity contribution in [3.8, 4) is 46.0 Å². The molecule has 3 aliphatic heterocycles. The summed E-state index contributed by atoms with van der Waals surface area (Å²) in [5.41, 5.74) is -0.705. The Morgan fingerprint density at radius 3 is 2.17 bits per heavy atom. The number of Topliss-reactive ketones (excluding diaryl/α,β-unsaturated/α-hetero) is 1. The summed E-state index contributed by atoms with van der Waals surface area (Å²) < 4.78 is 25.4. The highest BCUT2D eigenvalue weighted by Crippen LogP contribution is 2.65. The smallest absolute Gasteiger partial charge is 0.289 e. The molecule has 3 atom stereocenters. The molecule has 5 N–H and O–H groups in total. The van der Waals surface area contributed by atoms with Crippen molar-refractivity contribution in [2.75, 3.05) is 7.11 Å². The van der Waals surface area contributed by atoms with Crippen molar-refractivity contribution in [1.82, 2.24) is 0 Å². The first-order chi connectivity index (χ1) is 19.7. The summed E-state index contributed by atoms with van der Waals surface area (Å²) in [4.78, 5) is 14.6. The normalized spacial score (nSPS) is 23.7. The van der Waals surface area contributed by atoms with E-state index in [1.54, 1.807) is 24.3 Å². The van der Waals surface area contributed by atoms with Gasteiger partial charge in [-0.15, -0.1) is 0 Å². The maximum atomic E-state index is 14.6. The SMILES string of the molecule is CO[C@]1(c2ccc(O)cc2)Oc2cc(O)c3c(c2[C@]12Oc1cc(O)cc(O)c1C2=O)O[C@H](c1ccc(O)cc1)CC3. The third-order valence-corrected chi connectivity index (χ3v) is 7.99. The highest BCUT2D eigenvalue weighted by atomic mass is 16.7. The van der Waals surface area contributed by atoms with Crippen LogP contribution in [0.2, 0.25) is 0 Å². The van der Waals surface area contributed by atoms with Crippen LogP contribution < -0.4 is 14.2 Å². The summed E-state index contributed by atoms with van der Waals surface area (Å²) in [6.07, 6.45) is 0.367. The number of methoxy groups -OCH3 is 1. The van der Waals surface area contributed by atoms with Crippen molar-refractivity contribution in [3.63, 3.8) is 0 Å². The predicted octanol–water partition coefficient (Wildman–Crippen LogP) is 4.64. The molecule has 0 bridgehead atoms. The number of fused-ring (bicyclic) bond motifs is 5. The molecule has 0 aliphatic carbocycles. The number of aromatic hydroxyl groups is 5. The molecule has 208 valence electrons. The maximum absolute atomic E-state index is 14.6. The minimum absolute atomic E-state index is 0.0378. The monoisotopic (exact) mass is 556 g/mol. The van der Waals surface area contributed by atoms with Crippen LogP contribution in [0.1, 0.15) is 45.1 Å². The third-order valence-electron chi connectivity index (χ3n) is 7.99. The van der Waals surface area contributed by atoms with E-state index in [4.69, 9.17) is 18.9 Å². The van der Waals surface area contributed by atoms with E-state index in [-0.39, 0.29) is 56.9 Å². The van der Waals surface area contributed by atoms with Crippen molar-refractivity contribution in [2.24, 2.45) is 0 Å². The Morgan fingerprint density at radius 2 is 1.49 bits per heavy atom. The molecule has 10 nitrogen and oxygen atoms in total. The van der Waals surface area contributed by atoms with Gasteiger partial charge < -0.3 is 44.5 Å². The van der Waals surface area contributed by atoms with Gasteiger partial charge in [0.2, 0.25) is 5.78 Å². The Bertz CT molecular complexity index is 1730. The molecule has 0 aromatic heterocycles. The Morgan fingerprint density at radius 1 is 0.805 bits per heavy atom. The van der Waals surface area contributed by atoms with Gasteiger partial charge in [0.25, 0.3) is 11.4 Å². The molecule has 7 rings (SSSR count). The average Bonchev–Trinajstić information content (AvgIpc) is 3.41. The Labute approximate surface area is 233 Å². The summed E-state index contributed by atoms with van der Waals surface area (Å²) >= 11 is 0. The molecule has 0 unspecified atom stereocenters. The molecule has 4 aromatic rings. The quantitative estimate of drug-likeness (QED) is 0.241. The topological polar surface area (TPSA) is 155 Å². The molecule has 10 heteroatoms. The number of phenolic OH excluding ortho intramolecular Hbond substituents is 5. The Hall–Kier alpha value is -5.09. The van der Waals surface area contributed by atoms with Gasteiger partial charge in [-0.05, 0) is 54.8 Å². The van der Waals surface area contributed by atoms with Crippen molar-refractivity contribution in [3.05, 3.63) is 94.5 Å². The van der Waals surface area contributed by atoms with Crippen LogP contribution in [-0.4, -0.2) is 38.4 Å². The predicted molar refractivity (Wildman–Crippen MR) is 142 cm³/mol. The van der Waals surface area contributed by atoms with Crippen molar-refractivity contribution >= 4 is 5.78 Å². The van der Waals surface area contributed by atoms with Gasteiger partial charge in [-0.3, -0.25) is 4.79 Å². The second kappa shape index (κ2) is 8.45. The number of phenols is 5. The number of hydrogen-bond acceptors (Lipinski definition) is 10. The van der Waals surface area contributed by atoms with Crippen molar-refractivity contribution in [2.45, 2.75) is 30.3 Å². The Balaban J connectivity index is 1.50. The zero-order chi connectivity index (χ0) is 28.7. The van der Waals surface area contributed by atoms with Gasteiger partial charge in [-0.2, -0.15) is 0 Å². The molecule has 0 amide bonds. The van der Waals surface area contributed by atoms with E-state index in [9.17, 15) is 30.3 Å². The first kappa shape index (κ1) is 24.9. The number of ether oxygens (including phenoxy) is 4. The summed E-state index contributed by atoms with van der Waals surface area (Å²) in [7, 11) is 1.32. The molecule has 41 heavy (non-hydrogen) atoms. The van der Waals surface area contributed by atoms with Crippen LogP contribution in [0.4, 0.5) is 0 Å². The highest BCUT2D eigenvalue weighted by molar-refractivity contribution is 6.12. The lowest BCUT2D eigenvalue weighted by atomic mass is 9.77. The molecular weight excluding hydrogens is 532 g/mol. The van der Waals surface area contributed by atoms with Crippen LogP contribution in [0.25, 0.3) is 0 Å². The standard InChI is InChI=1S/C31H24O10/c1-38-31(16-4-8-18(33)9-5-16)30(29(37)26-22(36)12-19(34)13-24(26)40-30)27-25(41-31)14-21(35)20-10-11-23(39-28(20)27)15-2-6-17(32)7-3-15/h2-9,12-14,23,32-36H,10-11H2,1H3/t23-,30+,31+/m0/s1. The number of carbonyl (C=O) groups excluding carboxylic acids is 1. The Kier molecular flexibility index (Phi) is 5.14. The number of carbonyl (C=O) groups is 1. The number of hydrogen-bond donors (Lipinski definition) is 5. The lowest BCUT2D eigenvalue weighted by Gasteiger charge is -2.39. The largest absolute Gasteiger partial charge is 0.508 e. The number of ketones is 1. The first-order valence-electron chi connectivity index (χ1n) is 12.9. The van der Waals surface area contributed by atoms with Crippen LogP contribution in [0.3, 0.4) is 0 Å².